The topological polar surface area (TPSA) is 105 Å². The number of hydrogen-bond acceptors (Lipinski definition) is 5. The van der Waals surface area contributed by atoms with Crippen LogP contribution >= 0.6 is 0 Å². The number of nitriles is 1. The molecule has 3 rings (SSSR count). The van der Waals surface area contributed by atoms with Crippen molar-refractivity contribution in [2.75, 3.05) is 0 Å². The number of aliphatic hydroxyl groups excluding tert-OH is 1. The Bertz CT molecular complexity index is 856. The Labute approximate surface area is 133 Å². The number of fused-ring (bicyclic) bond motifs is 1. The molecule has 0 saturated carbocycles. The molecule has 24 heavy (non-hydrogen) atoms. The molecule has 0 bridgehead atoms. The van der Waals surface area contributed by atoms with E-state index in [0.29, 0.717) is 0 Å². The lowest BCUT2D eigenvalue weighted by atomic mass is 10.0. The van der Waals surface area contributed by atoms with Gasteiger partial charge in [0, 0.05) is 23.5 Å². The number of para-hydroxylation sites is 1. The lowest BCUT2D eigenvalue weighted by Gasteiger charge is -2.07. The molecule has 1 unspecified atom stereocenters. The van der Waals surface area contributed by atoms with E-state index in [-0.39, 0.29) is 34.7 Å². The van der Waals surface area contributed by atoms with Gasteiger partial charge >= 0.3 is 12.3 Å². The van der Waals surface area contributed by atoms with Crippen LogP contribution in [-0.2, 0) is 11.3 Å². The first-order chi connectivity index (χ1) is 11.3. The van der Waals surface area contributed by atoms with E-state index in [1.165, 1.54) is 35.2 Å². The fraction of sp³-hybridized carbons (Fsp3) is 0.200. The second-order valence-corrected chi connectivity index (χ2v) is 5.05. The predicted molar refractivity (Wildman–Crippen MR) is 74.4 cm³/mol. The maximum absolute atomic E-state index is 13.3. The molecular formula is C15H10F2N2O5. The van der Waals surface area contributed by atoms with Gasteiger partial charge < -0.3 is 24.3 Å². The Hall–Kier alpha value is -3.12. The van der Waals surface area contributed by atoms with Crippen molar-refractivity contribution in [3.8, 4) is 28.7 Å². The molecule has 1 aliphatic rings. The monoisotopic (exact) mass is 336 g/mol. The summed E-state index contributed by atoms with van der Waals surface area (Å²) >= 11 is 0. The molecule has 0 spiro atoms. The third-order valence-electron chi connectivity index (χ3n) is 3.39. The van der Waals surface area contributed by atoms with Crippen LogP contribution in [0, 0.1) is 11.3 Å². The molecule has 0 saturated heterocycles. The number of hydrogen-bond donors (Lipinski definition) is 2. The Balaban J connectivity index is 2.03. The van der Waals surface area contributed by atoms with Gasteiger partial charge in [-0.25, -0.2) is 4.79 Å². The smallest absolute Gasteiger partial charge is 0.479 e. The maximum atomic E-state index is 13.3. The zero-order valence-corrected chi connectivity index (χ0v) is 11.9. The highest BCUT2D eigenvalue weighted by Gasteiger charge is 2.44. The fourth-order valence-electron chi connectivity index (χ4n) is 2.38. The third kappa shape index (κ3) is 2.75. The van der Waals surface area contributed by atoms with Crippen molar-refractivity contribution in [2.24, 2.45) is 0 Å². The summed E-state index contributed by atoms with van der Waals surface area (Å²) in [5, 5.41) is 27.4. The van der Waals surface area contributed by atoms with E-state index in [1.807, 2.05) is 6.07 Å². The fourth-order valence-corrected chi connectivity index (χ4v) is 2.38. The van der Waals surface area contributed by atoms with Gasteiger partial charge in [-0.15, -0.1) is 8.78 Å². The molecule has 1 aromatic carbocycles. The lowest BCUT2D eigenvalue weighted by molar-refractivity contribution is -0.286. The molecule has 1 aliphatic heterocycles. The van der Waals surface area contributed by atoms with Gasteiger partial charge in [-0.2, -0.15) is 5.26 Å². The number of carbonyl (C=O) groups is 1. The first-order valence-electron chi connectivity index (χ1n) is 6.70. The number of carboxylic acid groups (broad SMARTS) is 1. The predicted octanol–water partition coefficient (Wildman–Crippen LogP) is 1.79. The Morgan fingerprint density at radius 3 is 2.75 bits per heavy atom. The van der Waals surface area contributed by atoms with Crippen LogP contribution in [0.2, 0.25) is 0 Å². The van der Waals surface area contributed by atoms with E-state index in [2.05, 4.69) is 9.47 Å². The van der Waals surface area contributed by atoms with Crippen LogP contribution in [0.1, 0.15) is 5.56 Å². The van der Waals surface area contributed by atoms with E-state index >= 15 is 0 Å². The second-order valence-electron chi connectivity index (χ2n) is 5.05. The minimum absolute atomic E-state index is 0.111. The van der Waals surface area contributed by atoms with Gasteiger partial charge in [0.15, 0.2) is 17.6 Å². The quantitative estimate of drug-likeness (QED) is 0.882. The average molecular weight is 336 g/mol. The third-order valence-corrected chi connectivity index (χ3v) is 3.39. The molecule has 1 aromatic heterocycles. The molecule has 0 aliphatic carbocycles. The summed E-state index contributed by atoms with van der Waals surface area (Å²) in [6.07, 6.45) is -2.77. The standard InChI is InChI=1S/C15H10F2N2O5/c16-15(17)23-12-3-1-2-9(13(12)24-15)10-6-19(5-8(10)4-18)7-11(20)14(21)22/h1-3,5-6,11,20H,7H2,(H,21,22). The minimum atomic E-state index is -3.80. The summed E-state index contributed by atoms with van der Waals surface area (Å²) in [6, 6.07) is 6.13. The van der Waals surface area contributed by atoms with Crippen molar-refractivity contribution in [2.45, 2.75) is 18.9 Å². The van der Waals surface area contributed by atoms with Gasteiger partial charge in [-0.3, -0.25) is 0 Å². The summed E-state index contributed by atoms with van der Waals surface area (Å²) in [6.45, 7) is -0.299. The van der Waals surface area contributed by atoms with Crippen molar-refractivity contribution >= 4 is 5.97 Å². The number of aliphatic carboxylic acids is 1. The normalized spacial score (nSPS) is 15.8. The largest absolute Gasteiger partial charge is 0.586 e. The van der Waals surface area contributed by atoms with Gasteiger partial charge in [0.2, 0.25) is 0 Å². The van der Waals surface area contributed by atoms with Gasteiger partial charge in [0.05, 0.1) is 12.1 Å². The number of benzene rings is 1. The molecule has 2 N–H and O–H groups in total. The first kappa shape index (κ1) is 15.8. The SMILES string of the molecule is N#Cc1cn(CC(O)C(=O)O)cc1-c1cccc2c1OC(F)(F)O2. The molecule has 0 fully saturated rings. The Kier molecular flexibility index (Phi) is 3.62. The van der Waals surface area contributed by atoms with Crippen LogP contribution in [-0.4, -0.2) is 33.1 Å². The van der Waals surface area contributed by atoms with Crippen LogP contribution in [0.5, 0.6) is 11.5 Å². The molecular weight excluding hydrogens is 326 g/mol. The van der Waals surface area contributed by atoms with Crippen molar-refractivity contribution in [3.63, 3.8) is 0 Å². The van der Waals surface area contributed by atoms with Gasteiger partial charge in [-0.1, -0.05) is 12.1 Å². The van der Waals surface area contributed by atoms with Gasteiger partial charge in [0.1, 0.15) is 6.07 Å². The van der Waals surface area contributed by atoms with Crippen molar-refractivity contribution in [3.05, 3.63) is 36.2 Å². The number of halogens is 2. The summed E-state index contributed by atoms with van der Waals surface area (Å²) in [5.74, 6) is -1.80. The molecule has 1 atom stereocenters. The molecule has 2 aromatic rings. The van der Waals surface area contributed by atoms with Crippen LogP contribution in [0.25, 0.3) is 11.1 Å². The number of aliphatic hydroxyl groups is 1. The average Bonchev–Trinajstić information content (AvgIpc) is 3.05. The summed E-state index contributed by atoms with van der Waals surface area (Å²) in [7, 11) is 0. The highest BCUT2D eigenvalue weighted by atomic mass is 19.3. The zero-order valence-electron chi connectivity index (χ0n) is 11.9. The van der Waals surface area contributed by atoms with E-state index in [1.54, 1.807) is 0 Å². The van der Waals surface area contributed by atoms with E-state index < -0.39 is 18.4 Å². The summed E-state index contributed by atoms with van der Waals surface area (Å²) < 4.78 is 36.7. The first-order valence-corrected chi connectivity index (χ1v) is 6.70. The molecule has 0 amide bonds. The highest BCUT2D eigenvalue weighted by molar-refractivity contribution is 5.78. The number of aromatic nitrogens is 1. The maximum Gasteiger partial charge on any atom is 0.586 e. The number of alkyl halides is 2. The summed E-state index contributed by atoms with van der Waals surface area (Å²) in [5.41, 5.74) is 0.567. The van der Waals surface area contributed by atoms with Crippen LogP contribution in [0.4, 0.5) is 8.78 Å². The Morgan fingerprint density at radius 2 is 2.08 bits per heavy atom. The highest BCUT2D eigenvalue weighted by Crippen LogP contribution is 2.47. The van der Waals surface area contributed by atoms with Crippen LogP contribution in [0.3, 0.4) is 0 Å². The van der Waals surface area contributed by atoms with Crippen molar-refractivity contribution in [1.82, 2.24) is 4.57 Å². The zero-order chi connectivity index (χ0) is 17.5. The lowest BCUT2D eigenvalue weighted by Crippen LogP contribution is -2.26. The van der Waals surface area contributed by atoms with Gasteiger partial charge in [0.25, 0.3) is 0 Å². The van der Waals surface area contributed by atoms with Crippen molar-refractivity contribution in [1.29, 1.82) is 5.26 Å². The number of nitrogens with zero attached hydrogens (tertiary/aromatic N) is 2. The molecule has 7 nitrogen and oxygen atoms in total. The van der Waals surface area contributed by atoms with Crippen molar-refractivity contribution < 1.29 is 33.3 Å². The summed E-state index contributed by atoms with van der Waals surface area (Å²) in [4.78, 5) is 10.7. The second kappa shape index (κ2) is 5.50. The van der Waals surface area contributed by atoms with Crippen LogP contribution in [0.15, 0.2) is 30.6 Å². The Morgan fingerprint density at radius 1 is 1.33 bits per heavy atom. The number of ether oxygens (including phenoxy) is 2. The van der Waals surface area contributed by atoms with E-state index in [4.69, 9.17) is 5.11 Å². The molecule has 0 radical (unpaired) electrons. The van der Waals surface area contributed by atoms with E-state index in [9.17, 15) is 23.9 Å². The van der Waals surface area contributed by atoms with E-state index in [0.717, 1.165) is 0 Å². The molecule has 9 heteroatoms. The minimum Gasteiger partial charge on any atom is -0.479 e. The number of rotatable bonds is 4. The van der Waals surface area contributed by atoms with Crippen LogP contribution < -0.4 is 9.47 Å². The number of carboxylic acids is 1. The molecule has 2 heterocycles. The van der Waals surface area contributed by atoms with Gasteiger partial charge in [-0.05, 0) is 6.07 Å². The molecule has 124 valence electrons.